The first kappa shape index (κ1) is 21.1. The molecule has 1 saturated heterocycles. The molecule has 0 bridgehead atoms. The van der Waals surface area contributed by atoms with Crippen LogP contribution in [0.2, 0.25) is 0 Å². The lowest BCUT2D eigenvalue weighted by Crippen LogP contribution is -2.27. The van der Waals surface area contributed by atoms with Crippen LogP contribution in [0.4, 0.5) is 9.18 Å². The van der Waals surface area contributed by atoms with E-state index in [1.54, 1.807) is 42.5 Å². The molecule has 1 heterocycles. The number of hydrogen-bond donors (Lipinski definition) is 0. The van der Waals surface area contributed by atoms with E-state index in [-0.39, 0.29) is 17.0 Å². The number of halogens is 2. The van der Waals surface area contributed by atoms with Crippen molar-refractivity contribution in [1.29, 1.82) is 0 Å². The van der Waals surface area contributed by atoms with Crippen molar-refractivity contribution in [2.24, 2.45) is 0 Å². The van der Waals surface area contributed by atoms with Gasteiger partial charge in [-0.25, -0.2) is 4.39 Å². The Kier molecular flexibility index (Phi) is 6.76. The van der Waals surface area contributed by atoms with Gasteiger partial charge < -0.3 is 9.47 Å². The second-order valence-electron chi connectivity index (χ2n) is 5.99. The van der Waals surface area contributed by atoms with Gasteiger partial charge in [0.25, 0.3) is 11.1 Å². The third-order valence-corrected chi connectivity index (χ3v) is 5.55. The van der Waals surface area contributed by atoms with E-state index in [1.807, 2.05) is 0 Å². The number of carbonyl (C=O) groups is 2. The summed E-state index contributed by atoms with van der Waals surface area (Å²) < 4.78 is 25.5. The maximum atomic E-state index is 13.9. The Bertz CT molecular complexity index is 1010. The van der Waals surface area contributed by atoms with Crippen molar-refractivity contribution in [2.45, 2.75) is 6.54 Å². The highest BCUT2D eigenvalue weighted by molar-refractivity contribution is 9.10. The van der Waals surface area contributed by atoms with E-state index in [4.69, 9.17) is 9.47 Å². The van der Waals surface area contributed by atoms with Crippen LogP contribution in [0.25, 0.3) is 6.08 Å². The molecule has 2 aromatic rings. The SMILES string of the molecule is C=CCOc1c(Br)cc(/C=C2\SC(=O)N(Cc3ccccc3F)C2=O)cc1OC. The largest absolute Gasteiger partial charge is 0.493 e. The van der Waals surface area contributed by atoms with Gasteiger partial charge in [-0.2, -0.15) is 0 Å². The maximum absolute atomic E-state index is 13.9. The van der Waals surface area contributed by atoms with Crippen molar-refractivity contribution in [3.8, 4) is 11.5 Å². The van der Waals surface area contributed by atoms with Gasteiger partial charge in [-0.3, -0.25) is 14.5 Å². The highest BCUT2D eigenvalue weighted by Gasteiger charge is 2.35. The molecule has 0 aromatic heterocycles. The third kappa shape index (κ3) is 4.71. The third-order valence-electron chi connectivity index (χ3n) is 4.05. The Labute approximate surface area is 180 Å². The zero-order valence-electron chi connectivity index (χ0n) is 15.5. The molecule has 2 aromatic carbocycles. The summed E-state index contributed by atoms with van der Waals surface area (Å²) >= 11 is 4.24. The van der Waals surface area contributed by atoms with Crippen LogP contribution in [0.3, 0.4) is 0 Å². The minimum absolute atomic E-state index is 0.115. The van der Waals surface area contributed by atoms with Crippen molar-refractivity contribution in [3.63, 3.8) is 0 Å². The molecule has 3 rings (SSSR count). The zero-order valence-corrected chi connectivity index (χ0v) is 17.9. The standard InChI is InChI=1S/C21H17BrFNO4S/c1-3-8-28-19-15(22)9-13(10-17(19)27-2)11-18-20(25)24(21(26)29-18)12-14-6-4-5-7-16(14)23/h3-7,9-11H,1,8,12H2,2H3/b18-11-. The topological polar surface area (TPSA) is 55.8 Å². The minimum Gasteiger partial charge on any atom is -0.493 e. The normalized spacial score (nSPS) is 15.1. The fourth-order valence-electron chi connectivity index (χ4n) is 2.69. The van der Waals surface area contributed by atoms with E-state index in [1.165, 1.54) is 13.2 Å². The number of benzene rings is 2. The molecule has 0 N–H and O–H groups in total. The summed E-state index contributed by atoms with van der Waals surface area (Å²) in [5.41, 5.74) is 0.931. The van der Waals surface area contributed by atoms with E-state index >= 15 is 0 Å². The summed E-state index contributed by atoms with van der Waals surface area (Å²) in [6.07, 6.45) is 3.21. The van der Waals surface area contributed by atoms with Crippen LogP contribution in [0.15, 0.2) is 58.4 Å². The Balaban J connectivity index is 1.86. The van der Waals surface area contributed by atoms with Gasteiger partial charge in [-0.05, 0) is 57.5 Å². The lowest BCUT2D eigenvalue weighted by atomic mass is 10.1. The van der Waals surface area contributed by atoms with Gasteiger partial charge in [0.05, 0.1) is 23.0 Å². The first-order valence-electron chi connectivity index (χ1n) is 8.54. The van der Waals surface area contributed by atoms with E-state index in [0.29, 0.717) is 28.1 Å². The van der Waals surface area contributed by atoms with Crippen LogP contribution < -0.4 is 9.47 Å². The molecule has 0 radical (unpaired) electrons. The predicted octanol–water partition coefficient (Wildman–Crippen LogP) is 5.40. The van der Waals surface area contributed by atoms with Crippen molar-refractivity contribution in [1.82, 2.24) is 4.90 Å². The number of imide groups is 1. The van der Waals surface area contributed by atoms with Crippen LogP contribution in [-0.2, 0) is 11.3 Å². The molecular weight excluding hydrogens is 461 g/mol. The lowest BCUT2D eigenvalue weighted by Gasteiger charge is -2.13. The molecule has 29 heavy (non-hydrogen) atoms. The molecule has 1 fully saturated rings. The summed E-state index contributed by atoms with van der Waals surface area (Å²) in [4.78, 5) is 26.3. The summed E-state index contributed by atoms with van der Waals surface area (Å²) in [5.74, 6) is 0.0555. The van der Waals surface area contributed by atoms with Crippen LogP contribution in [0.1, 0.15) is 11.1 Å². The Morgan fingerprint density at radius 2 is 2.03 bits per heavy atom. The van der Waals surface area contributed by atoms with Gasteiger partial charge in [0.15, 0.2) is 11.5 Å². The van der Waals surface area contributed by atoms with E-state index in [9.17, 15) is 14.0 Å². The Hall–Kier alpha value is -2.58. The number of amides is 2. The molecule has 1 aliphatic heterocycles. The van der Waals surface area contributed by atoms with E-state index < -0.39 is 17.0 Å². The fraction of sp³-hybridized carbons (Fsp3) is 0.143. The highest BCUT2D eigenvalue weighted by Crippen LogP contribution is 2.39. The van der Waals surface area contributed by atoms with Gasteiger partial charge in [0.1, 0.15) is 12.4 Å². The molecule has 2 amide bonds. The van der Waals surface area contributed by atoms with Crippen LogP contribution in [-0.4, -0.2) is 29.8 Å². The molecular formula is C21H17BrFNO4S. The van der Waals surface area contributed by atoms with Crippen LogP contribution in [0.5, 0.6) is 11.5 Å². The quantitative estimate of drug-likeness (QED) is 0.394. The first-order chi connectivity index (χ1) is 13.9. The van der Waals surface area contributed by atoms with Gasteiger partial charge in [-0.1, -0.05) is 30.9 Å². The van der Waals surface area contributed by atoms with Crippen LogP contribution >= 0.6 is 27.7 Å². The summed E-state index contributed by atoms with van der Waals surface area (Å²) in [6.45, 7) is 3.81. The number of hydrogen-bond acceptors (Lipinski definition) is 5. The summed E-state index contributed by atoms with van der Waals surface area (Å²) in [5, 5.41) is -0.443. The van der Waals surface area contributed by atoms with Crippen LogP contribution in [0, 0.1) is 5.82 Å². The zero-order chi connectivity index (χ0) is 21.0. The van der Waals surface area contributed by atoms with Gasteiger partial charge in [-0.15, -0.1) is 0 Å². The second-order valence-corrected chi connectivity index (χ2v) is 7.84. The fourth-order valence-corrected chi connectivity index (χ4v) is 4.10. The molecule has 0 saturated carbocycles. The first-order valence-corrected chi connectivity index (χ1v) is 10.2. The summed E-state index contributed by atoms with van der Waals surface area (Å²) in [6, 6.07) is 9.52. The molecule has 5 nitrogen and oxygen atoms in total. The molecule has 0 unspecified atom stereocenters. The van der Waals surface area contributed by atoms with Gasteiger partial charge >= 0.3 is 0 Å². The Morgan fingerprint density at radius 3 is 2.72 bits per heavy atom. The molecule has 0 aliphatic carbocycles. The molecule has 1 aliphatic rings. The highest BCUT2D eigenvalue weighted by atomic mass is 79.9. The number of carbonyl (C=O) groups excluding carboxylic acids is 2. The second kappa shape index (κ2) is 9.28. The summed E-state index contributed by atoms with van der Waals surface area (Å²) in [7, 11) is 1.51. The van der Waals surface area contributed by atoms with Gasteiger partial charge in [0.2, 0.25) is 0 Å². The lowest BCUT2D eigenvalue weighted by molar-refractivity contribution is -0.123. The Morgan fingerprint density at radius 1 is 1.28 bits per heavy atom. The number of thioether (sulfide) groups is 1. The van der Waals surface area contributed by atoms with E-state index in [2.05, 4.69) is 22.5 Å². The van der Waals surface area contributed by atoms with Crippen molar-refractivity contribution in [2.75, 3.05) is 13.7 Å². The molecule has 0 atom stereocenters. The van der Waals surface area contributed by atoms with E-state index in [0.717, 1.165) is 16.7 Å². The predicted molar refractivity (Wildman–Crippen MR) is 114 cm³/mol. The average Bonchev–Trinajstić information content (AvgIpc) is 2.95. The van der Waals surface area contributed by atoms with Gasteiger partial charge in [0, 0.05) is 5.56 Å². The minimum atomic E-state index is -0.467. The number of rotatable bonds is 7. The molecule has 0 spiro atoms. The number of ether oxygens (including phenoxy) is 2. The number of methoxy groups -OCH3 is 1. The van der Waals surface area contributed by atoms with Crippen molar-refractivity contribution in [3.05, 3.63) is 75.4 Å². The molecule has 150 valence electrons. The average molecular weight is 478 g/mol. The number of nitrogens with zero attached hydrogens (tertiary/aromatic N) is 1. The molecule has 8 heteroatoms. The monoisotopic (exact) mass is 477 g/mol. The smallest absolute Gasteiger partial charge is 0.293 e. The maximum Gasteiger partial charge on any atom is 0.293 e. The van der Waals surface area contributed by atoms with Crippen molar-refractivity contribution >= 4 is 44.9 Å². The van der Waals surface area contributed by atoms with Crippen molar-refractivity contribution < 1.29 is 23.5 Å².